The molecule has 5 nitrogen and oxygen atoms in total. The molecule has 0 saturated carbocycles. The van der Waals surface area contributed by atoms with Crippen molar-refractivity contribution in [3.8, 4) is 0 Å². The van der Waals surface area contributed by atoms with Crippen LogP contribution in [-0.2, 0) is 4.74 Å². The van der Waals surface area contributed by atoms with Gasteiger partial charge in [0.2, 0.25) is 0 Å². The number of aromatic nitrogens is 2. The van der Waals surface area contributed by atoms with Gasteiger partial charge in [0.15, 0.2) is 0 Å². The summed E-state index contributed by atoms with van der Waals surface area (Å²) in [5.74, 6) is 0.877. The highest BCUT2D eigenvalue weighted by Gasteiger charge is 2.25. The van der Waals surface area contributed by atoms with Gasteiger partial charge in [0.1, 0.15) is 16.4 Å². The molecule has 19 heavy (non-hydrogen) atoms. The Morgan fingerprint density at radius 3 is 2.47 bits per heavy atom. The van der Waals surface area contributed by atoms with Crippen molar-refractivity contribution >= 4 is 23.5 Å². The standard InChI is InChI=1S/C13H23N3O2S/c1-5-9(6-2)16-11(14)10(13(17)18-7-3)12(15-16)19-8-4/h9H,5-8,14H2,1-4H3. The molecule has 0 saturated heterocycles. The molecule has 0 aliphatic heterocycles. The van der Waals surface area contributed by atoms with E-state index in [1.807, 2.05) is 6.92 Å². The lowest BCUT2D eigenvalue weighted by Gasteiger charge is -2.14. The molecule has 0 spiro atoms. The summed E-state index contributed by atoms with van der Waals surface area (Å²) in [5, 5.41) is 5.17. The van der Waals surface area contributed by atoms with E-state index in [0.29, 0.717) is 23.0 Å². The Morgan fingerprint density at radius 2 is 2.00 bits per heavy atom. The predicted octanol–water partition coefficient (Wildman–Crippen LogP) is 3.12. The summed E-state index contributed by atoms with van der Waals surface area (Å²) >= 11 is 1.52. The van der Waals surface area contributed by atoms with Crippen molar-refractivity contribution in [2.24, 2.45) is 0 Å². The SMILES string of the molecule is CCOC(=O)c1c(SCC)nn(C(CC)CC)c1N. The summed E-state index contributed by atoms with van der Waals surface area (Å²) < 4.78 is 6.84. The summed E-state index contributed by atoms with van der Waals surface area (Å²) in [4.78, 5) is 12.0. The quantitative estimate of drug-likeness (QED) is 0.615. The van der Waals surface area contributed by atoms with Crippen molar-refractivity contribution < 1.29 is 9.53 Å². The fourth-order valence-corrected chi connectivity index (χ4v) is 2.72. The second-order valence-corrected chi connectivity index (χ2v) is 5.39. The van der Waals surface area contributed by atoms with Crippen LogP contribution in [0.2, 0.25) is 0 Å². The van der Waals surface area contributed by atoms with Gasteiger partial charge in [-0.15, -0.1) is 11.8 Å². The number of carbonyl (C=O) groups is 1. The zero-order chi connectivity index (χ0) is 14.4. The molecule has 1 aromatic heterocycles. The maximum Gasteiger partial charge on any atom is 0.344 e. The molecule has 0 aromatic carbocycles. The number of nitrogens with zero attached hydrogens (tertiary/aromatic N) is 2. The van der Waals surface area contributed by atoms with E-state index >= 15 is 0 Å². The number of rotatable bonds is 7. The van der Waals surface area contributed by atoms with Crippen molar-refractivity contribution in [2.45, 2.75) is 51.6 Å². The van der Waals surface area contributed by atoms with E-state index in [-0.39, 0.29) is 12.0 Å². The van der Waals surface area contributed by atoms with E-state index in [0.717, 1.165) is 18.6 Å². The van der Waals surface area contributed by atoms with Crippen LogP contribution in [-0.4, -0.2) is 28.1 Å². The van der Waals surface area contributed by atoms with Crippen LogP contribution in [0.15, 0.2) is 5.03 Å². The second-order valence-electron chi connectivity index (χ2n) is 4.13. The Bertz CT molecular complexity index is 428. The molecule has 2 N–H and O–H groups in total. The summed E-state index contributed by atoms with van der Waals surface area (Å²) in [6.07, 6.45) is 1.86. The maximum absolute atomic E-state index is 12.0. The van der Waals surface area contributed by atoms with Gasteiger partial charge < -0.3 is 10.5 Å². The van der Waals surface area contributed by atoms with E-state index < -0.39 is 0 Å². The van der Waals surface area contributed by atoms with Crippen LogP contribution in [0.4, 0.5) is 5.82 Å². The summed E-state index contributed by atoms with van der Waals surface area (Å²) in [6, 6.07) is 0.222. The molecule has 0 fully saturated rings. The van der Waals surface area contributed by atoms with Crippen molar-refractivity contribution in [3.63, 3.8) is 0 Å². The third-order valence-corrected chi connectivity index (χ3v) is 3.81. The lowest BCUT2D eigenvalue weighted by atomic mass is 10.2. The molecule has 108 valence electrons. The van der Waals surface area contributed by atoms with E-state index in [2.05, 4.69) is 18.9 Å². The average molecular weight is 285 g/mol. The first-order valence-electron chi connectivity index (χ1n) is 6.78. The molecule has 1 aromatic rings. The lowest BCUT2D eigenvalue weighted by molar-refractivity contribution is 0.0523. The van der Waals surface area contributed by atoms with Crippen molar-refractivity contribution in [1.29, 1.82) is 0 Å². The topological polar surface area (TPSA) is 70.1 Å². The van der Waals surface area contributed by atoms with Gasteiger partial charge in [0.05, 0.1) is 12.6 Å². The Labute approximate surface area is 118 Å². The summed E-state index contributed by atoms with van der Waals surface area (Å²) in [7, 11) is 0. The molecule has 0 bridgehead atoms. The van der Waals surface area contributed by atoms with Gasteiger partial charge in [-0.2, -0.15) is 5.10 Å². The fourth-order valence-electron chi connectivity index (χ4n) is 1.97. The zero-order valence-corrected chi connectivity index (χ0v) is 12.9. The molecule has 1 rings (SSSR count). The second kappa shape index (κ2) is 7.43. The first-order chi connectivity index (χ1) is 9.10. The normalized spacial score (nSPS) is 11.0. The predicted molar refractivity (Wildman–Crippen MR) is 78.6 cm³/mol. The third-order valence-electron chi connectivity index (χ3n) is 2.96. The van der Waals surface area contributed by atoms with Gasteiger partial charge in [-0.25, -0.2) is 9.48 Å². The van der Waals surface area contributed by atoms with E-state index in [4.69, 9.17) is 10.5 Å². The van der Waals surface area contributed by atoms with Crippen LogP contribution in [0.25, 0.3) is 0 Å². The number of carbonyl (C=O) groups excluding carboxylic acids is 1. The van der Waals surface area contributed by atoms with Gasteiger partial charge in [-0.05, 0) is 25.5 Å². The highest BCUT2D eigenvalue weighted by molar-refractivity contribution is 7.99. The van der Waals surface area contributed by atoms with E-state index in [9.17, 15) is 4.79 Å². The van der Waals surface area contributed by atoms with E-state index in [1.54, 1.807) is 11.6 Å². The van der Waals surface area contributed by atoms with Gasteiger partial charge in [0.25, 0.3) is 0 Å². The molecule has 0 aliphatic rings. The van der Waals surface area contributed by atoms with Crippen molar-refractivity contribution in [3.05, 3.63) is 5.56 Å². The molecule has 0 amide bonds. The molecule has 1 heterocycles. The average Bonchev–Trinajstić information content (AvgIpc) is 2.69. The fraction of sp³-hybridized carbons (Fsp3) is 0.692. The van der Waals surface area contributed by atoms with Crippen LogP contribution in [0.3, 0.4) is 0 Å². The first kappa shape index (κ1) is 15.9. The van der Waals surface area contributed by atoms with Gasteiger partial charge >= 0.3 is 5.97 Å². The Hall–Kier alpha value is -1.17. The first-order valence-corrected chi connectivity index (χ1v) is 7.76. The molecule has 0 unspecified atom stereocenters. The zero-order valence-electron chi connectivity index (χ0n) is 12.1. The van der Waals surface area contributed by atoms with Crippen LogP contribution >= 0.6 is 11.8 Å². The summed E-state index contributed by atoms with van der Waals surface area (Å²) in [6.45, 7) is 8.32. The smallest absolute Gasteiger partial charge is 0.344 e. The Morgan fingerprint density at radius 1 is 1.37 bits per heavy atom. The van der Waals surface area contributed by atoms with E-state index in [1.165, 1.54) is 11.8 Å². The highest BCUT2D eigenvalue weighted by Crippen LogP contribution is 2.30. The van der Waals surface area contributed by atoms with Gasteiger partial charge in [-0.3, -0.25) is 0 Å². The van der Waals surface area contributed by atoms with Crippen molar-refractivity contribution in [2.75, 3.05) is 18.1 Å². The largest absolute Gasteiger partial charge is 0.462 e. The number of hydrogen-bond donors (Lipinski definition) is 1. The Kier molecular flexibility index (Phi) is 6.21. The van der Waals surface area contributed by atoms with Gasteiger partial charge in [0, 0.05) is 0 Å². The number of thioether (sulfide) groups is 1. The minimum Gasteiger partial charge on any atom is -0.462 e. The number of nitrogens with two attached hydrogens (primary N) is 1. The molecular formula is C13H23N3O2S. The number of nitrogen functional groups attached to an aromatic ring is 1. The summed E-state index contributed by atoms with van der Waals surface area (Å²) in [5.41, 5.74) is 6.52. The third kappa shape index (κ3) is 3.43. The van der Waals surface area contributed by atoms with Gasteiger partial charge in [-0.1, -0.05) is 20.8 Å². The van der Waals surface area contributed by atoms with Crippen LogP contribution in [0.5, 0.6) is 0 Å². The number of ether oxygens (including phenoxy) is 1. The molecule has 0 radical (unpaired) electrons. The van der Waals surface area contributed by atoms with Crippen LogP contribution in [0.1, 0.15) is 56.9 Å². The molecule has 6 heteroatoms. The highest BCUT2D eigenvalue weighted by atomic mass is 32.2. The molecule has 0 atom stereocenters. The van der Waals surface area contributed by atoms with Crippen molar-refractivity contribution in [1.82, 2.24) is 9.78 Å². The maximum atomic E-state index is 12.0. The molecule has 0 aliphatic carbocycles. The van der Waals surface area contributed by atoms with Crippen LogP contribution < -0.4 is 5.73 Å². The molecular weight excluding hydrogens is 262 g/mol. The lowest BCUT2D eigenvalue weighted by Crippen LogP contribution is -2.14. The minimum atomic E-state index is -0.381. The van der Waals surface area contributed by atoms with Crippen LogP contribution in [0, 0.1) is 0 Å². The minimum absolute atomic E-state index is 0.222. The number of hydrogen-bond acceptors (Lipinski definition) is 5. The Balaban J connectivity index is 3.22. The monoisotopic (exact) mass is 285 g/mol. The number of esters is 1. The number of anilines is 1.